The predicted octanol–water partition coefficient (Wildman–Crippen LogP) is 4.91. The molecule has 1 aliphatic rings. The van der Waals surface area contributed by atoms with Crippen LogP contribution in [0, 0.1) is 0 Å². The van der Waals surface area contributed by atoms with Crippen LogP contribution >= 0.6 is 11.8 Å². The molecule has 0 aliphatic heterocycles. The molecule has 180 valence electrons. The lowest BCUT2D eigenvalue weighted by Gasteiger charge is -2.26. The van der Waals surface area contributed by atoms with Crippen molar-refractivity contribution in [2.24, 2.45) is 0 Å². The number of ether oxygens (including phenoxy) is 1. The molecular formula is C25H36N4O3S. The van der Waals surface area contributed by atoms with Crippen LogP contribution in [0.4, 0.5) is 0 Å². The lowest BCUT2D eigenvalue weighted by atomic mass is 9.86. The van der Waals surface area contributed by atoms with Gasteiger partial charge in [0.05, 0.1) is 12.9 Å². The van der Waals surface area contributed by atoms with Crippen molar-refractivity contribution in [3.05, 3.63) is 29.8 Å². The summed E-state index contributed by atoms with van der Waals surface area (Å²) in [5, 5.41) is 12.7. The summed E-state index contributed by atoms with van der Waals surface area (Å²) in [5.41, 5.74) is 2.44. The summed E-state index contributed by atoms with van der Waals surface area (Å²) in [5.74, 6) is 0.816. The Morgan fingerprint density at radius 3 is 2.45 bits per heavy atom. The SMILES string of the molecule is COC(=O)CCCNC(=O)CSc1nnc(-c2ccc(C(C)(C)C)cc2)n1C1CCCCC1. The first-order valence-electron chi connectivity index (χ1n) is 11.8. The second-order valence-electron chi connectivity index (χ2n) is 9.61. The fraction of sp³-hybridized carbons (Fsp3) is 0.600. The number of benzene rings is 1. The zero-order chi connectivity index (χ0) is 23.8. The molecule has 1 fully saturated rings. The monoisotopic (exact) mass is 472 g/mol. The van der Waals surface area contributed by atoms with E-state index in [0.717, 1.165) is 29.4 Å². The highest BCUT2D eigenvalue weighted by Gasteiger charge is 2.24. The molecule has 8 heteroatoms. The van der Waals surface area contributed by atoms with E-state index in [1.807, 2.05) is 0 Å². The maximum Gasteiger partial charge on any atom is 0.305 e. The number of hydrogen-bond donors (Lipinski definition) is 1. The number of esters is 1. The van der Waals surface area contributed by atoms with Crippen molar-refractivity contribution in [3.8, 4) is 11.4 Å². The minimum absolute atomic E-state index is 0.0702. The second-order valence-corrected chi connectivity index (χ2v) is 10.6. The van der Waals surface area contributed by atoms with Gasteiger partial charge >= 0.3 is 5.97 Å². The molecule has 0 radical (unpaired) electrons. The van der Waals surface area contributed by atoms with E-state index in [9.17, 15) is 9.59 Å². The van der Waals surface area contributed by atoms with Crippen LogP contribution < -0.4 is 5.32 Å². The molecule has 2 aromatic rings. The van der Waals surface area contributed by atoms with E-state index in [-0.39, 0.29) is 23.0 Å². The number of carbonyl (C=O) groups excluding carboxylic acids is 2. The van der Waals surface area contributed by atoms with Gasteiger partial charge in [-0.2, -0.15) is 0 Å². The van der Waals surface area contributed by atoms with Crippen LogP contribution in [0.15, 0.2) is 29.4 Å². The molecule has 1 N–H and O–H groups in total. The summed E-state index contributed by atoms with van der Waals surface area (Å²) in [6.07, 6.45) is 6.76. The minimum atomic E-state index is -0.262. The van der Waals surface area contributed by atoms with Gasteiger partial charge < -0.3 is 10.1 Å². The Labute approximate surface area is 201 Å². The van der Waals surface area contributed by atoms with Crippen molar-refractivity contribution < 1.29 is 14.3 Å². The highest BCUT2D eigenvalue weighted by atomic mass is 32.2. The predicted molar refractivity (Wildman–Crippen MR) is 131 cm³/mol. The quantitative estimate of drug-likeness (QED) is 0.317. The third-order valence-electron chi connectivity index (χ3n) is 6.05. The number of methoxy groups -OCH3 is 1. The fourth-order valence-corrected chi connectivity index (χ4v) is 4.94. The fourth-order valence-electron chi connectivity index (χ4n) is 4.10. The molecular weight excluding hydrogens is 436 g/mol. The van der Waals surface area contributed by atoms with Crippen LogP contribution in [0.1, 0.15) is 77.3 Å². The smallest absolute Gasteiger partial charge is 0.305 e. The van der Waals surface area contributed by atoms with Crippen LogP contribution in [-0.4, -0.2) is 46.0 Å². The van der Waals surface area contributed by atoms with Crippen LogP contribution in [0.5, 0.6) is 0 Å². The Balaban J connectivity index is 1.71. The van der Waals surface area contributed by atoms with Crippen molar-refractivity contribution in [3.63, 3.8) is 0 Å². The van der Waals surface area contributed by atoms with Crippen LogP contribution in [-0.2, 0) is 19.7 Å². The Kier molecular flexibility index (Phi) is 8.95. The standard InChI is InChI=1S/C25H36N4O3S/c1-25(2,3)19-14-12-18(13-15-19)23-27-28-24(29(23)20-9-6-5-7-10-20)33-17-21(30)26-16-8-11-22(31)32-4/h12-15,20H,5-11,16-17H2,1-4H3,(H,26,30). The Hall–Kier alpha value is -2.35. The van der Waals surface area contributed by atoms with E-state index in [1.54, 1.807) is 0 Å². The molecule has 1 saturated carbocycles. The van der Waals surface area contributed by atoms with E-state index in [4.69, 9.17) is 0 Å². The zero-order valence-corrected chi connectivity index (χ0v) is 21.0. The van der Waals surface area contributed by atoms with Gasteiger partial charge in [0, 0.05) is 24.6 Å². The first kappa shape index (κ1) is 25.3. The summed E-state index contributed by atoms with van der Waals surface area (Å²) in [6.45, 7) is 7.08. The summed E-state index contributed by atoms with van der Waals surface area (Å²) in [7, 11) is 1.37. The van der Waals surface area contributed by atoms with Gasteiger partial charge in [0.2, 0.25) is 5.91 Å². The number of rotatable bonds is 9. The molecule has 0 bridgehead atoms. The van der Waals surface area contributed by atoms with Crippen LogP contribution in [0.3, 0.4) is 0 Å². The molecule has 3 rings (SSSR count). The normalized spacial score (nSPS) is 14.8. The third kappa shape index (κ3) is 7.06. The maximum absolute atomic E-state index is 12.3. The second kappa shape index (κ2) is 11.7. The molecule has 0 atom stereocenters. The third-order valence-corrected chi connectivity index (χ3v) is 7.00. The van der Waals surface area contributed by atoms with Gasteiger partial charge in [-0.05, 0) is 30.2 Å². The molecule has 1 aliphatic carbocycles. The van der Waals surface area contributed by atoms with Gasteiger partial charge in [-0.3, -0.25) is 14.2 Å². The number of nitrogens with one attached hydrogen (secondary N) is 1. The Bertz CT molecular complexity index is 928. The highest BCUT2D eigenvalue weighted by molar-refractivity contribution is 7.99. The average molecular weight is 473 g/mol. The number of nitrogens with zero attached hydrogens (tertiary/aromatic N) is 3. The molecule has 33 heavy (non-hydrogen) atoms. The summed E-state index contributed by atoms with van der Waals surface area (Å²) >= 11 is 1.43. The van der Waals surface area contributed by atoms with E-state index < -0.39 is 0 Å². The molecule has 7 nitrogen and oxygen atoms in total. The lowest BCUT2D eigenvalue weighted by molar-refractivity contribution is -0.140. The number of thioether (sulfide) groups is 1. The number of hydrogen-bond acceptors (Lipinski definition) is 6. The lowest BCUT2D eigenvalue weighted by Crippen LogP contribution is -2.27. The van der Waals surface area contributed by atoms with Crippen molar-refractivity contribution in [1.29, 1.82) is 0 Å². The molecule has 1 heterocycles. The first-order valence-corrected chi connectivity index (χ1v) is 12.8. The van der Waals surface area contributed by atoms with Crippen LogP contribution in [0.25, 0.3) is 11.4 Å². The van der Waals surface area contributed by atoms with Gasteiger partial charge in [0.1, 0.15) is 0 Å². The average Bonchev–Trinajstić information content (AvgIpc) is 3.24. The largest absolute Gasteiger partial charge is 0.469 e. The maximum atomic E-state index is 12.3. The van der Waals surface area contributed by atoms with Crippen molar-refractivity contribution >= 4 is 23.6 Å². The van der Waals surface area contributed by atoms with E-state index in [0.29, 0.717) is 25.4 Å². The highest BCUT2D eigenvalue weighted by Crippen LogP contribution is 2.36. The van der Waals surface area contributed by atoms with Gasteiger partial charge in [-0.25, -0.2) is 0 Å². The zero-order valence-electron chi connectivity index (χ0n) is 20.2. The Morgan fingerprint density at radius 2 is 1.82 bits per heavy atom. The number of carbonyl (C=O) groups is 2. The van der Waals surface area contributed by atoms with Gasteiger partial charge in [-0.15, -0.1) is 10.2 Å². The Morgan fingerprint density at radius 1 is 1.12 bits per heavy atom. The summed E-state index contributed by atoms with van der Waals surface area (Å²) in [6, 6.07) is 8.96. The van der Waals surface area contributed by atoms with Crippen molar-refractivity contribution in [1.82, 2.24) is 20.1 Å². The first-order chi connectivity index (χ1) is 15.8. The topological polar surface area (TPSA) is 86.1 Å². The molecule has 1 aromatic heterocycles. The molecule has 0 spiro atoms. The minimum Gasteiger partial charge on any atom is -0.469 e. The van der Waals surface area contributed by atoms with E-state index >= 15 is 0 Å². The van der Waals surface area contributed by atoms with Crippen LogP contribution in [0.2, 0.25) is 0 Å². The summed E-state index contributed by atoms with van der Waals surface area (Å²) in [4.78, 5) is 23.5. The summed E-state index contributed by atoms with van der Waals surface area (Å²) < 4.78 is 6.87. The molecule has 0 unspecified atom stereocenters. The van der Waals surface area contributed by atoms with Gasteiger partial charge in [0.25, 0.3) is 0 Å². The van der Waals surface area contributed by atoms with Gasteiger partial charge in [0.15, 0.2) is 11.0 Å². The van der Waals surface area contributed by atoms with Crippen molar-refractivity contribution in [2.75, 3.05) is 19.4 Å². The molecule has 0 saturated heterocycles. The molecule has 1 aromatic carbocycles. The van der Waals surface area contributed by atoms with Crippen molar-refractivity contribution in [2.45, 2.75) is 82.3 Å². The van der Waals surface area contributed by atoms with E-state index in [1.165, 1.54) is 43.7 Å². The number of amides is 1. The number of aromatic nitrogens is 3. The molecule has 1 amide bonds. The van der Waals surface area contributed by atoms with E-state index in [2.05, 4.69) is 69.9 Å². The van der Waals surface area contributed by atoms with Gasteiger partial charge in [-0.1, -0.05) is 76.1 Å².